The van der Waals surface area contributed by atoms with E-state index in [9.17, 15) is 4.79 Å². The summed E-state index contributed by atoms with van der Waals surface area (Å²) in [6.07, 6.45) is 5.47. The van der Waals surface area contributed by atoms with Crippen molar-refractivity contribution in [3.05, 3.63) is 24.0 Å². The van der Waals surface area contributed by atoms with Crippen molar-refractivity contribution in [2.45, 2.75) is 26.7 Å². The van der Waals surface area contributed by atoms with E-state index in [4.69, 9.17) is 5.11 Å². The lowest BCUT2D eigenvalue weighted by Gasteiger charge is -2.51. The number of aromatic carboxylic acids is 1. The number of aromatic nitrogens is 1. The number of nitrogens with zero attached hydrogens (tertiary/aromatic N) is 2. The Balaban J connectivity index is 2.11. The SMILES string of the molecule is CCC1(CC)CN(c2cncc(C(=O)O)c2)C1. The van der Waals surface area contributed by atoms with Gasteiger partial charge in [-0.25, -0.2) is 4.79 Å². The van der Waals surface area contributed by atoms with Gasteiger partial charge in [-0.3, -0.25) is 4.98 Å². The Morgan fingerprint density at radius 3 is 2.59 bits per heavy atom. The fourth-order valence-corrected chi connectivity index (χ4v) is 2.36. The zero-order chi connectivity index (χ0) is 12.5. The lowest BCUT2D eigenvalue weighted by Crippen LogP contribution is -2.56. The van der Waals surface area contributed by atoms with E-state index >= 15 is 0 Å². The summed E-state index contributed by atoms with van der Waals surface area (Å²) in [7, 11) is 0. The molecule has 0 atom stereocenters. The van der Waals surface area contributed by atoms with Crippen molar-refractivity contribution in [3.8, 4) is 0 Å². The molecule has 0 amide bonds. The van der Waals surface area contributed by atoms with Gasteiger partial charge in [-0.2, -0.15) is 0 Å². The molecule has 1 aliphatic rings. The second-order valence-corrected chi connectivity index (χ2v) is 4.80. The predicted octanol–water partition coefficient (Wildman–Crippen LogP) is 2.41. The molecule has 2 heterocycles. The highest BCUT2D eigenvalue weighted by Gasteiger charge is 2.39. The summed E-state index contributed by atoms with van der Waals surface area (Å²) in [5.41, 5.74) is 1.59. The van der Waals surface area contributed by atoms with Gasteiger partial charge in [-0.1, -0.05) is 13.8 Å². The number of pyridine rings is 1. The summed E-state index contributed by atoms with van der Waals surface area (Å²) in [6, 6.07) is 1.70. The predicted molar refractivity (Wildman–Crippen MR) is 66.4 cm³/mol. The third kappa shape index (κ3) is 2.12. The maximum absolute atomic E-state index is 10.9. The highest BCUT2D eigenvalue weighted by Crippen LogP contribution is 2.39. The topological polar surface area (TPSA) is 53.4 Å². The molecule has 1 aromatic rings. The van der Waals surface area contributed by atoms with Crippen LogP contribution in [-0.4, -0.2) is 29.1 Å². The Morgan fingerprint density at radius 1 is 1.41 bits per heavy atom. The summed E-state index contributed by atoms with van der Waals surface area (Å²) < 4.78 is 0. The summed E-state index contributed by atoms with van der Waals surface area (Å²) in [6.45, 7) is 6.44. The van der Waals surface area contributed by atoms with Gasteiger partial charge in [0.2, 0.25) is 0 Å². The number of rotatable bonds is 4. The highest BCUT2D eigenvalue weighted by molar-refractivity contribution is 5.88. The van der Waals surface area contributed by atoms with E-state index < -0.39 is 5.97 Å². The van der Waals surface area contributed by atoms with Crippen LogP contribution in [0, 0.1) is 5.41 Å². The molecule has 0 bridgehead atoms. The van der Waals surface area contributed by atoms with Crippen LogP contribution in [0.25, 0.3) is 0 Å². The number of carboxylic acids is 1. The second kappa shape index (κ2) is 4.35. The van der Waals surface area contributed by atoms with Crippen LogP contribution < -0.4 is 4.90 Å². The van der Waals surface area contributed by atoms with Crippen molar-refractivity contribution in [3.63, 3.8) is 0 Å². The van der Waals surface area contributed by atoms with Gasteiger partial charge < -0.3 is 10.0 Å². The van der Waals surface area contributed by atoms with E-state index in [0.29, 0.717) is 5.41 Å². The number of hydrogen-bond acceptors (Lipinski definition) is 3. The molecule has 1 aromatic heterocycles. The molecule has 0 aliphatic carbocycles. The molecular weight excluding hydrogens is 216 g/mol. The Hall–Kier alpha value is -1.58. The van der Waals surface area contributed by atoms with Crippen LogP contribution >= 0.6 is 0 Å². The van der Waals surface area contributed by atoms with Gasteiger partial charge in [0.15, 0.2) is 0 Å². The number of hydrogen-bond donors (Lipinski definition) is 1. The standard InChI is InChI=1S/C13H18N2O2/c1-3-13(4-2)8-15(9-13)11-5-10(12(16)17)6-14-7-11/h5-7H,3-4,8-9H2,1-2H3,(H,16,17). The molecule has 1 saturated heterocycles. The first-order chi connectivity index (χ1) is 8.10. The monoisotopic (exact) mass is 234 g/mol. The maximum Gasteiger partial charge on any atom is 0.337 e. The van der Waals surface area contributed by atoms with E-state index in [2.05, 4.69) is 23.7 Å². The summed E-state index contributed by atoms with van der Waals surface area (Å²) >= 11 is 0. The summed E-state index contributed by atoms with van der Waals surface area (Å²) in [5, 5.41) is 8.92. The molecule has 2 rings (SSSR count). The Labute approximate surface area is 101 Å². The molecule has 92 valence electrons. The van der Waals surface area contributed by atoms with E-state index in [1.807, 2.05) is 0 Å². The van der Waals surface area contributed by atoms with Gasteiger partial charge in [-0.05, 0) is 18.9 Å². The van der Waals surface area contributed by atoms with Crippen LogP contribution in [0.2, 0.25) is 0 Å². The summed E-state index contributed by atoms with van der Waals surface area (Å²) in [5.74, 6) is -0.919. The van der Waals surface area contributed by atoms with Crippen LogP contribution in [0.1, 0.15) is 37.0 Å². The lowest BCUT2D eigenvalue weighted by molar-refractivity contribution is 0.0696. The van der Waals surface area contributed by atoms with Crippen LogP contribution in [0.15, 0.2) is 18.5 Å². The average Bonchev–Trinajstić information content (AvgIpc) is 2.29. The van der Waals surface area contributed by atoms with Gasteiger partial charge in [0.05, 0.1) is 17.4 Å². The molecule has 1 aliphatic heterocycles. The lowest BCUT2D eigenvalue weighted by atomic mass is 9.75. The van der Waals surface area contributed by atoms with E-state index in [1.165, 1.54) is 19.0 Å². The van der Waals surface area contributed by atoms with Crippen LogP contribution in [0.5, 0.6) is 0 Å². The van der Waals surface area contributed by atoms with Gasteiger partial charge in [0.1, 0.15) is 0 Å². The minimum Gasteiger partial charge on any atom is -0.478 e. The molecular formula is C13H18N2O2. The quantitative estimate of drug-likeness (QED) is 0.869. The molecule has 1 fully saturated rings. The number of anilines is 1. The van der Waals surface area contributed by atoms with Crippen molar-refractivity contribution in [2.24, 2.45) is 5.41 Å². The van der Waals surface area contributed by atoms with Crippen LogP contribution in [0.4, 0.5) is 5.69 Å². The smallest absolute Gasteiger partial charge is 0.337 e. The second-order valence-electron chi connectivity index (χ2n) is 4.80. The Kier molecular flexibility index (Phi) is 3.05. The van der Waals surface area contributed by atoms with Crippen molar-refractivity contribution < 1.29 is 9.90 Å². The van der Waals surface area contributed by atoms with E-state index in [0.717, 1.165) is 18.8 Å². The van der Waals surface area contributed by atoms with Crippen LogP contribution in [-0.2, 0) is 0 Å². The first-order valence-electron chi connectivity index (χ1n) is 6.03. The molecule has 0 saturated carbocycles. The van der Waals surface area contributed by atoms with Gasteiger partial charge in [0.25, 0.3) is 0 Å². The molecule has 0 unspecified atom stereocenters. The first kappa shape index (κ1) is 11.9. The van der Waals surface area contributed by atoms with Gasteiger partial charge >= 0.3 is 5.97 Å². The number of carboxylic acid groups (broad SMARTS) is 1. The largest absolute Gasteiger partial charge is 0.478 e. The van der Waals surface area contributed by atoms with Gasteiger partial charge in [-0.15, -0.1) is 0 Å². The van der Waals surface area contributed by atoms with Crippen molar-refractivity contribution in [1.82, 2.24) is 4.98 Å². The molecule has 17 heavy (non-hydrogen) atoms. The molecule has 4 nitrogen and oxygen atoms in total. The third-order valence-electron chi connectivity index (χ3n) is 3.89. The van der Waals surface area contributed by atoms with E-state index in [-0.39, 0.29) is 5.56 Å². The fourth-order valence-electron chi connectivity index (χ4n) is 2.36. The average molecular weight is 234 g/mol. The Morgan fingerprint density at radius 2 is 2.06 bits per heavy atom. The van der Waals surface area contributed by atoms with Crippen LogP contribution in [0.3, 0.4) is 0 Å². The third-order valence-corrected chi connectivity index (χ3v) is 3.89. The van der Waals surface area contributed by atoms with Crippen molar-refractivity contribution in [1.29, 1.82) is 0 Å². The fraction of sp³-hybridized carbons (Fsp3) is 0.538. The molecule has 0 radical (unpaired) electrons. The van der Waals surface area contributed by atoms with Gasteiger partial charge in [0, 0.05) is 24.7 Å². The first-order valence-corrected chi connectivity index (χ1v) is 6.03. The molecule has 1 N–H and O–H groups in total. The zero-order valence-corrected chi connectivity index (χ0v) is 10.3. The van der Waals surface area contributed by atoms with Crippen molar-refractivity contribution >= 4 is 11.7 Å². The summed E-state index contributed by atoms with van der Waals surface area (Å²) in [4.78, 5) is 17.0. The minimum absolute atomic E-state index is 0.257. The normalized spacial score (nSPS) is 17.6. The highest BCUT2D eigenvalue weighted by atomic mass is 16.4. The molecule has 4 heteroatoms. The number of carbonyl (C=O) groups is 1. The molecule has 0 spiro atoms. The zero-order valence-electron chi connectivity index (χ0n) is 10.3. The Bertz CT molecular complexity index is 419. The molecule has 0 aromatic carbocycles. The maximum atomic E-state index is 10.9. The minimum atomic E-state index is -0.919. The van der Waals surface area contributed by atoms with E-state index in [1.54, 1.807) is 12.3 Å². The van der Waals surface area contributed by atoms with Crippen molar-refractivity contribution in [2.75, 3.05) is 18.0 Å².